The molecule has 23 heavy (non-hydrogen) atoms. The van der Waals surface area contributed by atoms with Crippen LogP contribution in [0.15, 0.2) is 24.3 Å². The van der Waals surface area contributed by atoms with E-state index in [-0.39, 0.29) is 0 Å². The van der Waals surface area contributed by atoms with Crippen molar-refractivity contribution in [1.82, 2.24) is 9.80 Å². The van der Waals surface area contributed by atoms with Gasteiger partial charge >= 0.3 is 0 Å². The number of hydrogen-bond donors (Lipinski definition) is 0. The Balaban J connectivity index is 1.45. The fraction of sp³-hybridized carbons (Fsp3) is 0.700. The number of likely N-dealkylation sites (tertiary alicyclic amines) is 1. The molecule has 0 spiro atoms. The second-order valence-electron chi connectivity index (χ2n) is 7.86. The van der Waals surface area contributed by atoms with Gasteiger partial charge in [-0.2, -0.15) is 0 Å². The van der Waals surface area contributed by atoms with Crippen LogP contribution in [0, 0.1) is 5.92 Å². The molecule has 0 radical (unpaired) electrons. The summed E-state index contributed by atoms with van der Waals surface area (Å²) in [7, 11) is 0. The first-order chi connectivity index (χ1) is 11.2. The van der Waals surface area contributed by atoms with Crippen molar-refractivity contribution in [2.75, 3.05) is 50.7 Å². The number of rotatable bonds is 4. The minimum absolute atomic E-state index is 0.503. The van der Waals surface area contributed by atoms with Crippen molar-refractivity contribution < 1.29 is 0 Å². The van der Waals surface area contributed by atoms with Crippen LogP contribution in [-0.4, -0.2) is 61.7 Å². The highest BCUT2D eigenvalue weighted by molar-refractivity contribution is 5.51. The topological polar surface area (TPSA) is 9.72 Å². The van der Waals surface area contributed by atoms with Crippen molar-refractivity contribution >= 4 is 5.69 Å². The third kappa shape index (κ3) is 2.58. The Kier molecular flexibility index (Phi) is 3.89. The molecule has 0 amide bonds. The smallest absolute Gasteiger partial charge is 0.0367 e. The molecule has 3 fully saturated rings. The van der Waals surface area contributed by atoms with Crippen molar-refractivity contribution in [1.29, 1.82) is 0 Å². The van der Waals surface area contributed by atoms with Gasteiger partial charge in [0.25, 0.3) is 0 Å². The quantitative estimate of drug-likeness (QED) is 0.846. The fourth-order valence-electron chi connectivity index (χ4n) is 4.98. The molecule has 3 nitrogen and oxygen atoms in total. The molecular formula is C20H31N3. The molecule has 3 unspecified atom stereocenters. The van der Waals surface area contributed by atoms with Gasteiger partial charge < -0.3 is 9.80 Å². The maximum Gasteiger partial charge on any atom is 0.0367 e. The van der Waals surface area contributed by atoms with Gasteiger partial charge in [-0.15, -0.1) is 0 Å². The summed E-state index contributed by atoms with van der Waals surface area (Å²) < 4.78 is 0. The first-order valence-electron chi connectivity index (χ1n) is 9.48. The average Bonchev–Trinajstić information content (AvgIpc) is 3.16. The zero-order chi connectivity index (χ0) is 16.0. The van der Waals surface area contributed by atoms with Crippen molar-refractivity contribution in [3.05, 3.63) is 29.8 Å². The first-order valence-corrected chi connectivity index (χ1v) is 9.48. The Morgan fingerprint density at radius 3 is 2.43 bits per heavy atom. The molecule has 3 heteroatoms. The van der Waals surface area contributed by atoms with E-state index in [0.29, 0.717) is 11.5 Å². The molecule has 126 valence electrons. The molecule has 0 N–H and O–H groups in total. The van der Waals surface area contributed by atoms with Crippen LogP contribution in [-0.2, 0) is 5.41 Å². The van der Waals surface area contributed by atoms with E-state index in [1.807, 2.05) is 0 Å². The molecule has 0 bridgehead atoms. The Labute approximate surface area is 141 Å². The molecule has 2 saturated heterocycles. The SMILES string of the molecule is CCN1CC2CC2(c2ccc(N3CCN(CC)C(C)C3)cc2)C1. The van der Waals surface area contributed by atoms with Crippen LogP contribution in [0.5, 0.6) is 0 Å². The van der Waals surface area contributed by atoms with Gasteiger partial charge in [0.2, 0.25) is 0 Å². The zero-order valence-corrected chi connectivity index (χ0v) is 15.0. The highest BCUT2D eigenvalue weighted by Crippen LogP contribution is 2.58. The van der Waals surface area contributed by atoms with E-state index in [2.05, 4.69) is 59.7 Å². The van der Waals surface area contributed by atoms with E-state index < -0.39 is 0 Å². The van der Waals surface area contributed by atoms with Crippen LogP contribution in [0.2, 0.25) is 0 Å². The summed E-state index contributed by atoms with van der Waals surface area (Å²) in [5, 5.41) is 0. The number of fused-ring (bicyclic) bond motifs is 1. The van der Waals surface area contributed by atoms with Crippen LogP contribution in [0.4, 0.5) is 5.69 Å². The summed E-state index contributed by atoms with van der Waals surface area (Å²) in [5.74, 6) is 0.918. The second-order valence-corrected chi connectivity index (χ2v) is 7.86. The van der Waals surface area contributed by atoms with E-state index in [9.17, 15) is 0 Å². The van der Waals surface area contributed by atoms with Gasteiger partial charge in [0.1, 0.15) is 0 Å². The number of likely N-dealkylation sites (N-methyl/N-ethyl adjacent to an activating group) is 2. The fourth-order valence-corrected chi connectivity index (χ4v) is 4.98. The number of piperidine rings is 1. The van der Waals surface area contributed by atoms with E-state index in [4.69, 9.17) is 0 Å². The van der Waals surface area contributed by atoms with Crippen LogP contribution >= 0.6 is 0 Å². The molecule has 1 saturated carbocycles. The lowest BCUT2D eigenvalue weighted by Gasteiger charge is -2.40. The lowest BCUT2D eigenvalue weighted by Crippen LogP contribution is -2.51. The largest absolute Gasteiger partial charge is 0.369 e. The van der Waals surface area contributed by atoms with Gasteiger partial charge in [0, 0.05) is 49.9 Å². The zero-order valence-electron chi connectivity index (χ0n) is 15.0. The Hall–Kier alpha value is -1.06. The predicted octanol–water partition coefficient (Wildman–Crippen LogP) is 2.81. The van der Waals surface area contributed by atoms with Crippen LogP contribution in [0.25, 0.3) is 0 Å². The van der Waals surface area contributed by atoms with Gasteiger partial charge in [-0.05, 0) is 50.0 Å². The standard InChI is InChI=1S/C20H31N3/c1-4-21-14-18-12-20(18,15-21)17-6-8-19(9-7-17)23-11-10-22(5-2)16(3)13-23/h6-9,16,18H,4-5,10-15H2,1-3H3. The van der Waals surface area contributed by atoms with Gasteiger partial charge in [-0.25, -0.2) is 0 Å². The average molecular weight is 313 g/mol. The number of piperazine rings is 1. The Morgan fingerprint density at radius 1 is 1.04 bits per heavy atom. The molecule has 0 aromatic heterocycles. The first kappa shape index (κ1) is 15.5. The number of benzene rings is 1. The second kappa shape index (κ2) is 5.78. The van der Waals surface area contributed by atoms with E-state index in [1.54, 1.807) is 5.56 Å². The minimum Gasteiger partial charge on any atom is -0.369 e. The maximum atomic E-state index is 2.62. The monoisotopic (exact) mass is 313 g/mol. The molecular weight excluding hydrogens is 282 g/mol. The molecule has 2 heterocycles. The maximum absolute atomic E-state index is 2.62. The summed E-state index contributed by atoms with van der Waals surface area (Å²) >= 11 is 0. The van der Waals surface area contributed by atoms with Gasteiger partial charge in [0.15, 0.2) is 0 Å². The van der Waals surface area contributed by atoms with Crippen molar-refractivity contribution in [2.24, 2.45) is 5.92 Å². The molecule has 3 atom stereocenters. The minimum atomic E-state index is 0.503. The lowest BCUT2D eigenvalue weighted by molar-refractivity contribution is 0.199. The predicted molar refractivity (Wildman–Crippen MR) is 97.3 cm³/mol. The molecule has 1 aromatic carbocycles. The lowest BCUT2D eigenvalue weighted by atomic mass is 9.94. The number of nitrogens with zero attached hydrogens (tertiary/aromatic N) is 3. The van der Waals surface area contributed by atoms with E-state index in [1.165, 1.54) is 44.8 Å². The molecule has 3 aliphatic rings. The normalized spacial score (nSPS) is 34.7. The van der Waals surface area contributed by atoms with E-state index in [0.717, 1.165) is 19.0 Å². The molecule has 2 aliphatic heterocycles. The Morgan fingerprint density at radius 2 is 1.83 bits per heavy atom. The third-order valence-corrected chi connectivity index (χ3v) is 6.64. The highest BCUT2D eigenvalue weighted by Gasteiger charge is 2.60. The van der Waals surface area contributed by atoms with Crippen molar-refractivity contribution in [2.45, 2.75) is 38.6 Å². The molecule has 1 aliphatic carbocycles. The third-order valence-electron chi connectivity index (χ3n) is 6.64. The number of hydrogen-bond acceptors (Lipinski definition) is 3. The van der Waals surface area contributed by atoms with Crippen LogP contribution in [0.1, 0.15) is 32.8 Å². The van der Waals surface area contributed by atoms with Gasteiger partial charge in [-0.1, -0.05) is 26.0 Å². The van der Waals surface area contributed by atoms with E-state index >= 15 is 0 Å². The highest BCUT2D eigenvalue weighted by atomic mass is 15.3. The summed E-state index contributed by atoms with van der Waals surface area (Å²) in [6, 6.07) is 10.3. The summed E-state index contributed by atoms with van der Waals surface area (Å²) in [4.78, 5) is 7.76. The summed E-state index contributed by atoms with van der Waals surface area (Å²) in [6.07, 6.45) is 1.41. The van der Waals surface area contributed by atoms with Crippen molar-refractivity contribution in [3.63, 3.8) is 0 Å². The van der Waals surface area contributed by atoms with Crippen LogP contribution < -0.4 is 4.90 Å². The molecule has 1 aromatic rings. The Bertz CT molecular complexity index is 555. The van der Waals surface area contributed by atoms with Gasteiger partial charge in [0.05, 0.1) is 0 Å². The summed E-state index contributed by atoms with van der Waals surface area (Å²) in [5.41, 5.74) is 3.50. The number of anilines is 1. The molecule has 4 rings (SSSR count). The van der Waals surface area contributed by atoms with Crippen LogP contribution in [0.3, 0.4) is 0 Å². The van der Waals surface area contributed by atoms with Gasteiger partial charge in [-0.3, -0.25) is 4.90 Å². The summed E-state index contributed by atoms with van der Waals surface area (Å²) in [6.45, 7) is 15.4. The van der Waals surface area contributed by atoms with Crippen molar-refractivity contribution in [3.8, 4) is 0 Å².